The standard InChI is InChI=1S/C30H41F3N6/c1-21-25(10-9-11-28(21)30(31,32)33)22(2)35-29-27-20-24(12-13-26(27)23(3)36-37-29)39-18-16-38(17-19-39)15-8-6-4-5-7-14-34/h9-13,20,22H,4-8,14-19,34H2,1-3H3,(H,35,37). The molecule has 1 aromatic heterocycles. The third-order valence-electron chi connectivity index (χ3n) is 7.86. The molecular formula is C30H41F3N6. The predicted octanol–water partition coefficient (Wildman–Crippen LogP) is 6.47. The topological polar surface area (TPSA) is 70.3 Å². The third-order valence-corrected chi connectivity index (χ3v) is 7.86. The molecule has 0 saturated carbocycles. The second kappa shape index (κ2) is 13.0. The first-order valence-electron chi connectivity index (χ1n) is 14.1. The number of hydrogen-bond acceptors (Lipinski definition) is 6. The summed E-state index contributed by atoms with van der Waals surface area (Å²) in [7, 11) is 0. The molecule has 1 aliphatic rings. The summed E-state index contributed by atoms with van der Waals surface area (Å²) < 4.78 is 40.4. The molecule has 3 aromatic rings. The van der Waals surface area contributed by atoms with E-state index in [2.05, 4.69) is 43.5 Å². The van der Waals surface area contributed by atoms with Crippen molar-refractivity contribution in [1.29, 1.82) is 0 Å². The zero-order chi connectivity index (χ0) is 28.0. The van der Waals surface area contributed by atoms with Crippen LogP contribution >= 0.6 is 0 Å². The van der Waals surface area contributed by atoms with Gasteiger partial charge >= 0.3 is 6.18 Å². The molecule has 9 heteroatoms. The van der Waals surface area contributed by atoms with E-state index < -0.39 is 11.7 Å². The lowest BCUT2D eigenvalue weighted by atomic mass is 9.97. The van der Waals surface area contributed by atoms with Crippen molar-refractivity contribution in [3.8, 4) is 0 Å². The van der Waals surface area contributed by atoms with Gasteiger partial charge in [-0.1, -0.05) is 37.5 Å². The molecule has 1 aliphatic heterocycles. The quantitative estimate of drug-likeness (QED) is 0.271. The maximum absolute atomic E-state index is 13.5. The molecule has 1 atom stereocenters. The molecule has 39 heavy (non-hydrogen) atoms. The van der Waals surface area contributed by atoms with Crippen LogP contribution in [0.5, 0.6) is 0 Å². The van der Waals surface area contributed by atoms with E-state index in [0.717, 1.165) is 73.9 Å². The van der Waals surface area contributed by atoms with Crippen molar-refractivity contribution in [2.24, 2.45) is 5.73 Å². The Bertz CT molecular complexity index is 1240. The van der Waals surface area contributed by atoms with Crippen molar-refractivity contribution < 1.29 is 13.2 Å². The molecule has 0 radical (unpaired) electrons. The maximum atomic E-state index is 13.5. The summed E-state index contributed by atoms with van der Waals surface area (Å²) in [5, 5.41) is 14.0. The number of alkyl halides is 3. The van der Waals surface area contributed by atoms with Gasteiger partial charge in [-0.3, -0.25) is 4.90 Å². The highest BCUT2D eigenvalue weighted by molar-refractivity contribution is 5.95. The Morgan fingerprint density at radius 3 is 2.36 bits per heavy atom. The van der Waals surface area contributed by atoms with E-state index in [1.165, 1.54) is 38.7 Å². The van der Waals surface area contributed by atoms with Crippen molar-refractivity contribution in [2.75, 3.05) is 49.5 Å². The van der Waals surface area contributed by atoms with Crippen LogP contribution < -0.4 is 16.0 Å². The van der Waals surface area contributed by atoms with Gasteiger partial charge in [0.15, 0.2) is 5.82 Å². The molecule has 212 valence electrons. The molecule has 1 saturated heterocycles. The van der Waals surface area contributed by atoms with Gasteiger partial charge in [-0.05, 0) is 76.0 Å². The van der Waals surface area contributed by atoms with Crippen molar-refractivity contribution in [3.63, 3.8) is 0 Å². The number of anilines is 2. The summed E-state index contributed by atoms with van der Waals surface area (Å²) in [5.41, 5.74) is 7.73. The monoisotopic (exact) mass is 542 g/mol. The second-order valence-electron chi connectivity index (χ2n) is 10.6. The first-order valence-corrected chi connectivity index (χ1v) is 14.1. The molecule has 6 nitrogen and oxygen atoms in total. The van der Waals surface area contributed by atoms with Crippen molar-refractivity contribution in [1.82, 2.24) is 15.1 Å². The molecule has 0 bridgehead atoms. The fourth-order valence-electron chi connectivity index (χ4n) is 5.53. The number of rotatable bonds is 11. The van der Waals surface area contributed by atoms with Gasteiger partial charge < -0.3 is 16.0 Å². The minimum atomic E-state index is -4.39. The first kappa shape index (κ1) is 29.1. The Morgan fingerprint density at radius 2 is 1.64 bits per heavy atom. The van der Waals surface area contributed by atoms with E-state index in [0.29, 0.717) is 11.4 Å². The Morgan fingerprint density at radius 1 is 0.923 bits per heavy atom. The van der Waals surface area contributed by atoms with Crippen LogP contribution in [-0.4, -0.2) is 54.4 Å². The number of piperazine rings is 1. The summed E-state index contributed by atoms with van der Waals surface area (Å²) in [6.45, 7) is 11.2. The average Bonchev–Trinajstić information content (AvgIpc) is 2.92. The van der Waals surface area contributed by atoms with E-state index in [1.54, 1.807) is 6.07 Å². The van der Waals surface area contributed by atoms with Gasteiger partial charge in [0.1, 0.15) is 0 Å². The lowest BCUT2D eigenvalue weighted by Crippen LogP contribution is -2.46. The summed E-state index contributed by atoms with van der Waals surface area (Å²) in [4.78, 5) is 4.94. The smallest absolute Gasteiger partial charge is 0.369 e. The second-order valence-corrected chi connectivity index (χ2v) is 10.6. The van der Waals surface area contributed by atoms with E-state index >= 15 is 0 Å². The van der Waals surface area contributed by atoms with E-state index in [4.69, 9.17) is 5.73 Å². The lowest BCUT2D eigenvalue weighted by molar-refractivity contribution is -0.138. The summed E-state index contributed by atoms with van der Waals surface area (Å²) in [6.07, 6.45) is 1.72. The molecule has 2 heterocycles. The van der Waals surface area contributed by atoms with Crippen LogP contribution in [0.4, 0.5) is 24.7 Å². The first-order chi connectivity index (χ1) is 18.7. The number of benzene rings is 2. The number of nitrogens with two attached hydrogens (primary N) is 1. The fourth-order valence-corrected chi connectivity index (χ4v) is 5.53. The molecule has 4 rings (SSSR count). The fraction of sp³-hybridized carbons (Fsp3) is 0.533. The zero-order valence-corrected chi connectivity index (χ0v) is 23.3. The molecule has 1 fully saturated rings. The minimum Gasteiger partial charge on any atom is -0.369 e. The van der Waals surface area contributed by atoms with Crippen LogP contribution in [0, 0.1) is 13.8 Å². The van der Waals surface area contributed by atoms with E-state index in [9.17, 15) is 13.2 Å². The summed E-state index contributed by atoms with van der Waals surface area (Å²) in [5.74, 6) is 0.579. The van der Waals surface area contributed by atoms with Crippen LogP contribution in [0.15, 0.2) is 36.4 Å². The van der Waals surface area contributed by atoms with Gasteiger partial charge in [-0.2, -0.15) is 18.3 Å². The number of unbranched alkanes of at least 4 members (excludes halogenated alkanes) is 4. The van der Waals surface area contributed by atoms with Crippen molar-refractivity contribution >= 4 is 22.3 Å². The SMILES string of the molecule is Cc1c(C(C)Nc2nnc(C)c3ccc(N4CCN(CCCCCCCN)CC4)cc23)cccc1C(F)(F)F. The molecular weight excluding hydrogens is 501 g/mol. The maximum Gasteiger partial charge on any atom is 0.416 e. The van der Waals surface area contributed by atoms with Gasteiger partial charge in [0.25, 0.3) is 0 Å². The number of halogens is 3. The van der Waals surface area contributed by atoms with Crippen LogP contribution in [0.1, 0.15) is 67.5 Å². The number of aromatic nitrogens is 2. The van der Waals surface area contributed by atoms with Crippen molar-refractivity contribution in [2.45, 2.75) is 65.1 Å². The largest absolute Gasteiger partial charge is 0.416 e. The van der Waals surface area contributed by atoms with Crippen LogP contribution in [0.3, 0.4) is 0 Å². The van der Waals surface area contributed by atoms with Crippen LogP contribution in [0.2, 0.25) is 0 Å². The molecule has 0 amide bonds. The van der Waals surface area contributed by atoms with Gasteiger partial charge in [-0.25, -0.2) is 0 Å². The number of nitrogens with zero attached hydrogens (tertiary/aromatic N) is 4. The molecule has 2 aromatic carbocycles. The Hall–Kier alpha value is -2.91. The Labute approximate surface area is 229 Å². The minimum absolute atomic E-state index is 0.225. The van der Waals surface area contributed by atoms with Crippen LogP contribution in [-0.2, 0) is 6.18 Å². The molecule has 3 N–H and O–H groups in total. The average molecular weight is 543 g/mol. The Kier molecular flexibility index (Phi) is 9.67. The Balaban J connectivity index is 1.46. The highest BCUT2D eigenvalue weighted by Crippen LogP contribution is 2.36. The number of hydrogen-bond donors (Lipinski definition) is 2. The summed E-state index contributed by atoms with van der Waals surface area (Å²) in [6, 6.07) is 10.3. The number of nitrogens with one attached hydrogen (secondary N) is 1. The van der Waals surface area contributed by atoms with E-state index in [-0.39, 0.29) is 11.6 Å². The number of fused-ring (bicyclic) bond motifs is 1. The molecule has 0 aliphatic carbocycles. The van der Waals surface area contributed by atoms with Crippen molar-refractivity contribution in [3.05, 3.63) is 58.8 Å². The van der Waals surface area contributed by atoms with Gasteiger partial charge in [0.05, 0.1) is 17.3 Å². The highest BCUT2D eigenvalue weighted by atomic mass is 19.4. The predicted molar refractivity (Wildman–Crippen MR) is 153 cm³/mol. The van der Waals surface area contributed by atoms with Gasteiger partial charge in [0.2, 0.25) is 0 Å². The van der Waals surface area contributed by atoms with Gasteiger partial charge in [-0.15, -0.1) is 5.10 Å². The number of aryl methyl sites for hydroxylation is 1. The zero-order valence-electron chi connectivity index (χ0n) is 23.3. The normalized spacial score (nSPS) is 15.6. The molecule has 1 unspecified atom stereocenters. The summed E-state index contributed by atoms with van der Waals surface area (Å²) >= 11 is 0. The lowest BCUT2D eigenvalue weighted by Gasteiger charge is -2.36. The molecule has 0 spiro atoms. The van der Waals surface area contributed by atoms with Crippen LogP contribution in [0.25, 0.3) is 10.8 Å². The highest BCUT2D eigenvalue weighted by Gasteiger charge is 2.33. The third kappa shape index (κ3) is 7.19. The van der Waals surface area contributed by atoms with E-state index in [1.807, 2.05) is 13.8 Å². The van der Waals surface area contributed by atoms with Gasteiger partial charge in [0, 0.05) is 42.6 Å².